The van der Waals surface area contributed by atoms with Gasteiger partial charge in [-0.15, -0.1) is 0 Å². The first-order valence-electron chi connectivity index (χ1n) is 18.5. The van der Waals surface area contributed by atoms with E-state index in [2.05, 4.69) is 79.7 Å². The van der Waals surface area contributed by atoms with Crippen molar-refractivity contribution in [3.05, 3.63) is 114 Å². The fourth-order valence-electron chi connectivity index (χ4n) is 5.93. The molecule has 0 aliphatic carbocycles. The number of methoxy groups -OCH3 is 2. The number of unbranched alkanes of at least 4 members (excludes halogenated alkanes) is 10. The van der Waals surface area contributed by atoms with Gasteiger partial charge in [-0.2, -0.15) is 0 Å². The van der Waals surface area contributed by atoms with Crippen LogP contribution in [0.2, 0.25) is 0 Å². The van der Waals surface area contributed by atoms with Gasteiger partial charge >= 0.3 is 0 Å². The molecule has 1 unspecified atom stereocenters. The maximum atomic E-state index is 7.05. The average molecular weight is 675 g/mol. The van der Waals surface area contributed by atoms with Crippen LogP contribution in [-0.2, 0) is 29.3 Å². The highest BCUT2D eigenvalue weighted by Crippen LogP contribution is 2.41. The van der Waals surface area contributed by atoms with E-state index in [0.717, 1.165) is 28.9 Å². The van der Waals surface area contributed by atoms with E-state index in [1.807, 2.05) is 24.3 Å². The molecule has 0 spiro atoms. The minimum atomic E-state index is -0.876. The number of ether oxygens (including phenoxy) is 6. The van der Waals surface area contributed by atoms with Crippen molar-refractivity contribution in [3.8, 4) is 5.75 Å². The Morgan fingerprint density at radius 3 is 1.73 bits per heavy atom. The summed E-state index contributed by atoms with van der Waals surface area (Å²) in [5.74, 6) is 0.794. The highest BCUT2D eigenvalue weighted by molar-refractivity contribution is 5.48. The third-order valence-electron chi connectivity index (χ3n) is 8.77. The molecule has 0 fully saturated rings. The zero-order valence-electron chi connectivity index (χ0n) is 30.5. The standard InChI is InChI=1S/C43H62O6/c1-4-5-6-7-8-9-10-11-12-13-14-15-16-23-32-46-35-42(48-37-47-34-33-44-2)36-49-43(38-24-19-17-20-25-38,39-26-21-18-22-27-39)40-28-30-41(45-3)31-29-40/h7-8,17-22,24-31,42H,4-6,9-16,23,32-37H2,1-3H3/b8-7-. The first-order chi connectivity index (χ1) is 24.2. The summed E-state index contributed by atoms with van der Waals surface area (Å²) in [7, 11) is 3.34. The molecule has 0 aromatic heterocycles. The number of allylic oxidation sites excluding steroid dienone is 2. The maximum Gasteiger partial charge on any atom is 0.147 e. The fraction of sp³-hybridized carbons (Fsp3) is 0.535. The molecule has 0 amide bonds. The molecule has 0 bridgehead atoms. The molecule has 0 N–H and O–H groups in total. The molecule has 3 aromatic carbocycles. The molecule has 3 aromatic rings. The van der Waals surface area contributed by atoms with Crippen molar-refractivity contribution >= 4 is 0 Å². The van der Waals surface area contributed by atoms with Crippen molar-refractivity contribution < 1.29 is 28.4 Å². The second kappa shape index (κ2) is 25.9. The minimum Gasteiger partial charge on any atom is -0.497 e. The zero-order chi connectivity index (χ0) is 34.7. The SMILES string of the molecule is CCCC/C=C\CCCCCCCCCCOCC(COC(c1ccccc1)(c1ccccc1)c1ccc(OC)cc1)OCOCCOC. The van der Waals surface area contributed by atoms with Gasteiger partial charge in [-0.25, -0.2) is 0 Å². The van der Waals surface area contributed by atoms with Gasteiger partial charge in [0.25, 0.3) is 0 Å². The van der Waals surface area contributed by atoms with Crippen LogP contribution >= 0.6 is 0 Å². The molecular formula is C43H62O6. The highest BCUT2D eigenvalue weighted by Gasteiger charge is 2.38. The molecule has 49 heavy (non-hydrogen) atoms. The van der Waals surface area contributed by atoms with E-state index in [0.29, 0.717) is 33.0 Å². The Hall–Kier alpha value is -3.00. The molecule has 270 valence electrons. The van der Waals surface area contributed by atoms with Crippen LogP contribution in [0, 0.1) is 0 Å². The fourth-order valence-corrected chi connectivity index (χ4v) is 5.93. The Labute approximate surface area is 297 Å². The molecule has 6 heteroatoms. The first-order valence-corrected chi connectivity index (χ1v) is 18.5. The summed E-state index contributed by atoms with van der Waals surface area (Å²) in [6.45, 7) is 4.80. The van der Waals surface area contributed by atoms with Gasteiger partial charge in [0.05, 0.1) is 33.5 Å². The first kappa shape index (κ1) is 40.4. The second-order valence-electron chi connectivity index (χ2n) is 12.6. The maximum absolute atomic E-state index is 7.05. The van der Waals surface area contributed by atoms with Gasteiger partial charge < -0.3 is 28.4 Å². The zero-order valence-corrected chi connectivity index (χ0v) is 30.5. The summed E-state index contributed by atoms with van der Waals surface area (Å²) in [6, 6.07) is 28.8. The van der Waals surface area contributed by atoms with E-state index in [4.69, 9.17) is 28.4 Å². The lowest BCUT2D eigenvalue weighted by Crippen LogP contribution is -2.38. The third-order valence-corrected chi connectivity index (χ3v) is 8.77. The summed E-state index contributed by atoms with van der Waals surface area (Å²) < 4.78 is 35.7. The van der Waals surface area contributed by atoms with Crippen molar-refractivity contribution in [1.82, 2.24) is 0 Å². The van der Waals surface area contributed by atoms with Gasteiger partial charge in [-0.05, 0) is 54.5 Å². The summed E-state index contributed by atoms with van der Waals surface area (Å²) >= 11 is 0. The van der Waals surface area contributed by atoms with Gasteiger partial charge in [0.2, 0.25) is 0 Å². The molecule has 3 rings (SSSR count). The van der Waals surface area contributed by atoms with E-state index in [1.54, 1.807) is 14.2 Å². The van der Waals surface area contributed by atoms with E-state index in [9.17, 15) is 0 Å². The molecule has 0 aliphatic rings. The Kier molecular flexibility index (Phi) is 21.4. The Balaban J connectivity index is 1.55. The highest BCUT2D eigenvalue weighted by atomic mass is 16.7. The lowest BCUT2D eigenvalue weighted by Gasteiger charge is -2.37. The molecule has 0 saturated heterocycles. The van der Waals surface area contributed by atoms with Crippen LogP contribution in [0.3, 0.4) is 0 Å². The quantitative estimate of drug-likeness (QED) is 0.0316. The van der Waals surface area contributed by atoms with E-state index >= 15 is 0 Å². The summed E-state index contributed by atoms with van der Waals surface area (Å²) in [4.78, 5) is 0. The molecule has 0 heterocycles. The van der Waals surface area contributed by atoms with Gasteiger partial charge in [0, 0.05) is 13.7 Å². The number of hydrogen-bond donors (Lipinski definition) is 0. The Bertz CT molecular complexity index is 1170. The smallest absolute Gasteiger partial charge is 0.147 e. The minimum absolute atomic E-state index is 0.141. The van der Waals surface area contributed by atoms with Crippen molar-refractivity contribution in [3.63, 3.8) is 0 Å². The van der Waals surface area contributed by atoms with Crippen molar-refractivity contribution in [2.24, 2.45) is 0 Å². The van der Waals surface area contributed by atoms with E-state index < -0.39 is 5.60 Å². The third kappa shape index (κ3) is 15.2. The molecule has 0 aliphatic heterocycles. The molecule has 0 radical (unpaired) electrons. The Morgan fingerprint density at radius 1 is 0.571 bits per heavy atom. The van der Waals surface area contributed by atoms with Crippen LogP contribution in [0.15, 0.2) is 97.1 Å². The lowest BCUT2D eigenvalue weighted by molar-refractivity contribution is -0.147. The van der Waals surface area contributed by atoms with E-state index in [-0.39, 0.29) is 12.9 Å². The molecule has 6 nitrogen and oxygen atoms in total. The molecule has 0 saturated carbocycles. The predicted molar refractivity (Wildman–Crippen MR) is 200 cm³/mol. The second-order valence-corrected chi connectivity index (χ2v) is 12.6. The van der Waals surface area contributed by atoms with Crippen LogP contribution in [0.4, 0.5) is 0 Å². The van der Waals surface area contributed by atoms with Crippen molar-refractivity contribution in [2.75, 3.05) is 54.0 Å². The topological polar surface area (TPSA) is 55.4 Å². The summed E-state index contributed by atoms with van der Waals surface area (Å²) in [5, 5.41) is 0. The van der Waals surface area contributed by atoms with Crippen LogP contribution in [0.5, 0.6) is 5.75 Å². The average Bonchev–Trinajstić information content (AvgIpc) is 3.15. The number of benzene rings is 3. The monoisotopic (exact) mass is 674 g/mol. The van der Waals surface area contributed by atoms with Crippen LogP contribution < -0.4 is 4.74 Å². The molecule has 1 atom stereocenters. The van der Waals surface area contributed by atoms with Gasteiger partial charge in [-0.3, -0.25) is 0 Å². The van der Waals surface area contributed by atoms with Gasteiger partial charge in [0.1, 0.15) is 24.2 Å². The normalized spacial score (nSPS) is 12.5. The van der Waals surface area contributed by atoms with E-state index in [1.165, 1.54) is 70.6 Å². The van der Waals surface area contributed by atoms with Gasteiger partial charge in [-0.1, -0.05) is 143 Å². The lowest BCUT2D eigenvalue weighted by atomic mass is 9.80. The predicted octanol–water partition coefficient (Wildman–Crippen LogP) is 10.3. The van der Waals surface area contributed by atoms with Crippen LogP contribution in [0.25, 0.3) is 0 Å². The van der Waals surface area contributed by atoms with Crippen molar-refractivity contribution in [1.29, 1.82) is 0 Å². The van der Waals surface area contributed by atoms with Gasteiger partial charge in [0.15, 0.2) is 0 Å². The summed E-state index contributed by atoms with van der Waals surface area (Å²) in [5.41, 5.74) is 2.18. The Morgan fingerprint density at radius 2 is 1.14 bits per heavy atom. The largest absolute Gasteiger partial charge is 0.497 e. The summed E-state index contributed by atoms with van der Waals surface area (Å²) in [6.07, 6.45) is 19.6. The number of hydrogen-bond acceptors (Lipinski definition) is 6. The molecular weight excluding hydrogens is 612 g/mol. The van der Waals surface area contributed by atoms with Crippen LogP contribution in [-0.4, -0.2) is 60.2 Å². The van der Waals surface area contributed by atoms with Crippen molar-refractivity contribution in [2.45, 2.75) is 95.7 Å². The number of rotatable bonds is 29. The van der Waals surface area contributed by atoms with Crippen LogP contribution in [0.1, 0.15) is 101 Å².